The highest BCUT2D eigenvalue weighted by atomic mass is 16.6. The molecule has 1 aromatic carbocycles. The first-order chi connectivity index (χ1) is 13.2. The predicted molar refractivity (Wildman–Crippen MR) is 105 cm³/mol. The number of amides is 1. The molecule has 0 N–H and O–H groups in total. The van der Waals surface area contributed by atoms with Crippen molar-refractivity contribution in [3.05, 3.63) is 40.9 Å². The number of likely N-dealkylation sites (tertiary alicyclic amines) is 1. The van der Waals surface area contributed by atoms with Gasteiger partial charge in [-0.05, 0) is 45.7 Å². The van der Waals surface area contributed by atoms with Crippen molar-refractivity contribution in [1.29, 1.82) is 0 Å². The second-order valence-corrected chi connectivity index (χ2v) is 8.12. The topological polar surface area (TPSA) is 80.8 Å². The van der Waals surface area contributed by atoms with Crippen LogP contribution in [0.2, 0.25) is 0 Å². The van der Waals surface area contributed by atoms with Crippen molar-refractivity contribution < 1.29 is 13.9 Å². The summed E-state index contributed by atoms with van der Waals surface area (Å²) >= 11 is 0. The van der Waals surface area contributed by atoms with E-state index in [0.717, 1.165) is 31.5 Å². The Morgan fingerprint density at radius 1 is 1.25 bits per heavy atom. The molecular formula is C20H28N4O4. The van der Waals surface area contributed by atoms with E-state index in [-0.39, 0.29) is 12.1 Å². The van der Waals surface area contributed by atoms with Crippen LogP contribution < -0.4 is 5.76 Å². The van der Waals surface area contributed by atoms with E-state index in [1.54, 1.807) is 11.9 Å². The van der Waals surface area contributed by atoms with E-state index in [1.807, 2.05) is 51.1 Å². The van der Waals surface area contributed by atoms with Crippen molar-refractivity contribution in [2.45, 2.75) is 51.9 Å². The van der Waals surface area contributed by atoms with E-state index in [1.165, 1.54) is 4.68 Å². The van der Waals surface area contributed by atoms with E-state index >= 15 is 0 Å². The smallest absolute Gasteiger partial charge is 0.438 e. The highest BCUT2D eigenvalue weighted by Crippen LogP contribution is 2.19. The van der Waals surface area contributed by atoms with Gasteiger partial charge in [0.05, 0.1) is 0 Å². The maximum absolute atomic E-state index is 12.2. The van der Waals surface area contributed by atoms with Crippen molar-refractivity contribution in [2.75, 3.05) is 20.1 Å². The number of piperidine rings is 1. The van der Waals surface area contributed by atoms with Gasteiger partial charge >= 0.3 is 11.8 Å². The van der Waals surface area contributed by atoms with Crippen LogP contribution in [0.3, 0.4) is 0 Å². The third-order valence-corrected chi connectivity index (χ3v) is 4.75. The fourth-order valence-electron chi connectivity index (χ4n) is 3.21. The average Bonchev–Trinajstić information content (AvgIpc) is 3.02. The lowest BCUT2D eigenvalue weighted by Gasteiger charge is -2.36. The molecular weight excluding hydrogens is 360 g/mol. The largest absolute Gasteiger partial charge is 0.444 e. The van der Waals surface area contributed by atoms with Crippen molar-refractivity contribution in [1.82, 2.24) is 19.6 Å². The number of carbonyl (C=O) groups is 1. The Morgan fingerprint density at radius 3 is 2.50 bits per heavy atom. The Labute approximate surface area is 164 Å². The number of nitrogens with zero attached hydrogens (tertiary/aromatic N) is 4. The molecule has 0 radical (unpaired) electrons. The molecule has 0 atom stereocenters. The molecule has 1 aromatic heterocycles. The molecule has 28 heavy (non-hydrogen) atoms. The Balaban J connectivity index is 1.56. The predicted octanol–water partition coefficient (Wildman–Crippen LogP) is 2.79. The maximum Gasteiger partial charge on any atom is 0.438 e. The van der Waals surface area contributed by atoms with E-state index in [0.29, 0.717) is 12.6 Å². The Bertz CT molecular complexity index is 845. The van der Waals surface area contributed by atoms with Crippen LogP contribution in [0, 0.1) is 0 Å². The van der Waals surface area contributed by atoms with Gasteiger partial charge in [0, 0.05) is 31.7 Å². The van der Waals surface area contributed by atoms with Gasteiger partial charge in [-0.15, -0.1) is 5.10 Å². The summed E-state index contributed by atoms with van der Waals surface area (Å²) < 4.78 is 12.1. The number of hydrogen-bond acceptors (Lipinski definition) is 6. The third kappa shape index (κ3) is 5.01. The average molecular weight is 388 g/mol. The summed E-state index contributed by atoms with van der Waals surface area (Å²) in [5.41, 5.74) is 0.271. The quantitative estimate of drug-likeness (QED) is 0.801. The van der Waals surface area contributed by atoms with Gasteiger partial charge in [0.25, 0.3) is 0 Å². The summed E-state index contributed by atoms with van der Waals surface area (Å²) in [6.07, 6.45) is 1.33. The van der Waals surface area contributed by atoms with Gasteiger partial charge in [-0.25, -0.2) is 9.59 Å². The van der Waals surface area contributed by atoms with Gasteiger partial charge in [0.15, 0.2) is 0 Å². The summed E-state index contributed by atoms with van der Waals surface area (Å²) in [6.45, 7) is 7.48. The lowest BCUT2D eigenvalue weighted by molar-refractivity contribution is 0.0134. The standard InChI is InChI=1S/C20H28N4O4/c1-20(2,3)28-18(25)22(4)16-10-12-23(13-11-16)14-24-19(26)27-17(21-24)15-8-6-5-7-9-15/h5-9,16H,10-14H2,1-4H3. The SMILES string of the molecule is CN(C(=O)OC(C)(C)C)C1CCN(Cn2nc(-c3ccccc3)oc2=O)CC1. The van der Waals surface area contributed by atoms with Gasteiger partial charge in [-0.2, -0.15) is 4.68 Å². The molecule has 1 aliphatic heterocycles. The number of aromatic nitrogens is 2. The lowest BCUT2D eigenvalue weighted by atomic mass is 10.0. The number of ether oxygens (including phenoxy) is 1. The molecule has 1 aliphatic rings. The zero-order valence-electron chi connectivity index (χ0n) is 16.9. The molecule has 1 fully saturated rings. The Hall–Kier alpha value is -2.61. The monoisotopic (exact) mass is 388 g/mol. The molecule has 0 bridgehead atoms. The number of benzene rings is 1. The second-order valence-electron chi connectivity index (χ2n) is 8.12. The van der Waals surface area contributed by atoms with Crippen molar-refractivity contribution >= 4 is 6.09 Å². The first-order valence-electron chi connectivity index (χ1n) is 9.54. The molecule has 1 amide bonds. The highest BCUT2D eigenvalue weighted by molar-refractivity contribution is 5.68. The van der Waals surface area contributed by atoms with Crippen molar-refractivity contribution in [3.63, 3.8) is 0 Å². The molecule has 8 nitrogen and oxygen atoms in total. The normalized spacial score (nSPS) is 16.1. The lowest BCUT2D eigenvalue weighted by Crippen LogP contribution is -2.47. The molecule has 8 heteroatoms. The minimum absolute atomic E-state index is 0.125. The van der Waals surface area contributed by atoms with Crippen molar-refractivity contribution in [3.8, 4) is 11.5 Å². The summed E-state index contributed by atoms with van der Waals surface area (Å²) in [4.78, 5) is 28.2. The molecule has 2 aromatic rings. The van der Waals surface area contributed by atoms with E-state index < -0.39 is 11.4 Å². The number of hydrogen-bond donors (Lipinski definition) is 0. The van der Waals surface area contributed by atoms with Gasteiger partial charge in [-0.1, -0.05) is 18.2 Å². The molecule has 3 rings (SSSR count). The molecule has 0 spiro atoms. The molecule has 152 valence electrons. The summed E-state index contributed by atoms with van der Waals surface area (Å²) in [6, 6.07) is 9.48. The Kier molecular flexibility index (Phi) is 5.88. The second kappa shape index (κ2) is 8.18. The summed E-state index contributed by atoms with van der Waals surface area (Å²) in [5.74, 6) is -0.142. The zero-order valence-corrected chi connectivity index (χ0v) is 16.9. The van der Waals surface area contributed by atoms with Crippen LogP contribution in [0.25, 0.3) is 11.5 Å². The van der Waals surface area contributed by atoms with Gasteiger partial charge in [0.1, 0.15) is 12.3 Å². The van der Waals surface area contributed by atoms with Crippen LogP contribution in [0.4, 0.5) is 4.79 Å². The highest BCUT2D eigenvalue weighted by Gasteiger charge is 2.29. The van der Waals surface area contributed by atoms with Gasteiger partial charge in [0.2, 0.25) is 5.89 Å². The minimum Gasteiger partial charge on any atom is -0.444 e. The third-order valence-electron chi connectivity index (χ3n) is 4.75. The fraction of sp³-hybridized carbons (Fsp3) is 0.550. The first kappa shape index (κ1) is 20.1. The molecule has 0 saturated carbocycles. The molecule has 2 heterocycles. The summed E-state index contributed by atoms with van der Waals surface area (Å²) in [7, 11) is 1.78. The minimum atomic E-state index is -0.503. The number of rotatable bonds is 4. The van der Waals surface area contributed by atoms with Crippen LogP contribution in [-0.4, -0.2) is 57.5 Å². The van der Waals surface area contributed by atoms with Crippen LogP contribution in [0.5, 0.6) is 0 Å². The van der Waals surface area contributed by atoms with E-state index in [4.69, 9.17) is 9.15 Å². The van der Waals surface area contributed by atoms with Crippen molar-refractivity contribution in [2.24, 2.45) is 0 Å². The molecule has 0 aliphatic carbocycles. The number of carbonyl (C=O) groups excluding carboxylic acids is 1. The van der Waals surface area contributed by atoms with Gasteiger partial charge in [-0.3, -0.25) is 4.90 Å². The first-order valence-corrected chi connectivity index (χ1v) is 9.54. The zero-order chi connectivity index (χ0) is 20.3. The van der Waals surface area contributed by atoms with Crippen LogP contribution in [0.15, 0.2) is 39.5 Å². The Morgan fingerprint density at radius 2 is 1.89 bits per heavy atom. The fourth-order valence-corrected chi connectivity index (χ4v) is 3.21. The summed E-state index contributed by atoms with van der Waals surface area (Å²) in [5, 5.41) is 4.31. The van der Waals surface area contributed by atoms with Crippen LogP contribution >= 0.6 is 0 Å². The molecule has 0 unspecified atom stereocenters. The van der Waals surface area contributed by atoms with E-state index in [9.17, 15) is 9.59 Å². The maximum atomic E-state index is 12.2. The van der Waals surface area contributed by atoms with E-state index in [2.05, 4.69) is 10.00 Å². The van der Waals surface area contributed by atoms with Crippen LogP contribution in [-0.2, 0) is 11.4 Å². The van der Waals surface area contributed by atoms with Gasteiger partial charge < -0.3 is 14.1 Å². The molecule has 1 saturated heterocycles. The van der Waals surface area contributed by atoms with Crippen LogP contribution in [0.1, 0.15) is 33.6 Å².